The van der Waals surface area contributed by atoms with Crippen molar-refractivity contribution in [1.29, 1.82) is 0 Å². The summed E-state index contributed by atoms with van der Waals surface area (Å²) in [5, 5.41) is 4.28. The number of aromatic nitrogens is 2. The lowest BCUT2D eigenvalue weighted by Gasteiger charge is -2.00. The zero-order valence-electron chi connectivity index (χ0n) is 9.32. The van der Waals surface area contributed by atoms with Gasteiger partial charge in [-0.2, -0.15) is 0 Å². The van der Waals surface area contributed by atoms with Gasteiger partial charge >= 0.3 is 0 Å². The van der Waals surface area contributed by atoms with Crippen LogP contribution in [0.1, 0.15) is 11.3 Å². The number of anilines is 1. The Labute approximate surface area is 114 Å². The maximum atomic E-state index is 5.95. The molecule has 1 N–H and O–H groups in total. The lowest BCUT2D eigenvalue weighted by atomic mass is 10.1. The number of hydrogen-bond acceptors (Lipinski definition) is 3. The van der Waals surface area contributed by atoms with Crippen LogP contribution in [0.25, 0.3) is 11.6 Å². The molecule has 0 saturated heterocycles. The van der Waals surface area contributed by atoms with Crippen LogP contribution >= 0.6 is 23.2 Å². The van der Waals surface area contributed by atoms with E-state index in [2.05, 4.69) is 15.3 Å². The Morgan fingerprint density at radius 3 is 2.94 bits per heavy atom. The van der Waals surface area contributed by atoms with E-state index in [1.54, 1.807) is 6.20 Å². The van der Waals surface area contributed by atoms with Crippen molar-refractivity contribution in [2.24, 2.45) is 0 Å². The van der Waals surface area contributed by atoms with E-state index in [0.29, 0.717) is 0 Å². The summed E-state index contributed by atoms with van der Waals surface area (Å²) in [6.45, 7) is 0.761. The molecule has 0 atom stereocenters. The molecular weight excluding hydrogens is 269 g/mol. The monoisotopic (exact) mass is 277 g/mol. The minimum absolute atomic E-state index is 0.256. The number of hydrogen-bond donors (Lipinski definition) is 1. The average Bonchev–Trinajstić information content (AvgIpc) is 2.72. The Balaban J connectivity index is 2.01. The SMILES string of the molecule is Clc1ccc2c(c1)NCC2=Cc1ccnc(Cl)n1. The van der Waals surface area contributed by atoms with E-state index in [1.807, 2.05) is 30.3 Å². The average molecular weight is 278 g/mol. The molecule has 1 aromatic heterocycles. The van der Waals surface area contributed by atoms with Crippen molar-refractivity contribution >= 4 is 40.5 Å². The highest BCUT2D eigenvalue weighted by atomic mass is 35.5. The highest BCUT2D eigenvalue weighted by Gasteiger charge is 2.15. The third-order valence-corrected chi connectivity index (χ3v) is 3.18. The molecule has 3 nitrogen and oxygen atoms in total. The molecular formula is C13H9Cl2N3. The van der Waals surface area contributed by atoms with Gasteiger partial charge in [0.15, 0.2) is 0 Å². The van der Waals surface area contributed by atoms with Crippen LogP contribution in [0.5, 0.6) is 0 Å². The van der Waals surface area contributed by atoms with E-state index < -0.39 is 0 Å². The molecule has 90 valence electrons. The van der Waals surface area contributed by atoms with Gasteiger partial charge < -0.3 is 5.32 Å². The minimum Gasteiger partial charge on any atom is -0.380 e. The number of nitrogens with one attached hydrogen (secondary N) is 1. The van der Waals surface area contributed by atoms with Gasteiger partial charge in [-0.05, 0) is 41.4 Å². The van der Waals surface area contributed by atoms with Gasteiger partial charge in [0.05, 0.1) is 5.69 Å². The van der Waals surface area contributed by atoms with E-state index in [4.69, 9.17) is 23.2 Å². The molecule has 1 aromatic carbocycles. The molecule has 0 saturated carbocycles. The van der Waals surface area contributed by atoms with Gasteiger partial charge in [-0.15, -0.1) is 0 Å². The predicted octanol–water partition coefficient (Wildman–Crippen LogP) is 3.75. The molecule has 0 amide bonds. The van der Waals surface area contributed by atoms with Crippen molar-refractivity contribution in [3.05, 3.63) is 52.0 Å². The molecule has 18 heavy (non-hydrogen) atoms. The van der Waals surface area contributed by atoms with Gasteiger partial charge in [-0.1, -0.05) is 17.7 Å². The van der Waals surface area contributed by atoms with Crippen molar-refractivity contribution in [2.75, 3.05) is 11.9 Å². The van der Waals surface area contributed by atoms with Crippen molar-refractivity contribution < 1.29 is 0 Å². The van der Waals surface area contributed by atoms with Gasteiger partial charge in [-0.25, -0.2) is 9.97 Å². The fourth-order valence-corrected chi connectivity index (χ4v) is 2.29. The second-order valence-corrected chi connectivity index (χ2v) is 4.74. The van der Waals surface area contributed by atoms with Crippen LogP contribution in [0.15, 0.2) is 30.5 Å². The van der Waals surface area contributed by atoms with Crippen molar-refractivity contribution in [2.45, 2.75) is 0 Å². The van der Waals surface area contributed by atoms with E-state index >= 15 is 0 Å². The number of nitrogens with zero attached hydrogens (tertiary/aromatic N) is 2. The summed E-state index contributed by atoms with van der Waals surface area (Å²) in [6, 6.07) is 7.64. The van der Waals surface area contributed by atoms with Crippen molar-refractivity contribution in [3.63, 3.8) is 0 Å². The molecule has 1 aliphatic heterocycles. The third kappa shape index (κ3) is 2.19. The van der Waals surface area contributed by atoms with E-state index in [-0.39, 0.29) is 5.28 Å². The van der Waals surface area contributed by atoms with Crippen LogP contribution in [-0.2, 0) is 0 Å². The highest BCUT2D eigenvalue weighted by molar-refractivity contribution is 6.31. The van der Waals surface area contributed by atoms with Gasteiger partial charge in [-0.3, -0.25) is 0 Å². The largest absolute Gasteiger partial charge is 0.380 e. The van der Waals surface area contributed by atoms with Crippen molar-refractivity contribution in [3.8, 4) is 0 Å². The smallest absolute Gasteiger partial charge is 0.222 e. The Kier molecular flexibility index (Phi) is 2.94. The molecule has 1 aliphatic rings. The normalized spacial score (nSPS) is 15.6. The first-order valence-electron chi connectivity index (χ1n) is 5.45. The zero-order valence-corrected chi connectivity index (χ0v) is 10.8. The summed E-state index contributed by atoms with van der Waals surface area (Å²) in [5.74, 6) is 0. The summed E-state index contributed by atoms with van der Waals surface area (Å²) in [5.41, 5.74) is 4.16. The first-order valence-corrected chi connectivity index (χ1v) is 6.21. The van der Waals surface area contributed by atoms with Gasteiger partial charge in [0.2, 0.25) is 5.28 Å². The maximum Gasteiger partial charge on any atom is 0.222 e. The van der Waals surface area contributed by atoms with Crippen LogP contribution in [0.3, 0.4) is 0 Å². The van der Waals surface area contributed by atoms with E-state index in [9.17, 15) is 0 Å². The topological polar surface area (TPSA) is 37.8 Å². The summed E-state index contributed by atoms with van der Waals surface area (Å²) >= 11 is 11.7. The first-order chi connectivity index (χ1) is 8.72. The number of benzene rings is 1. The number of fused-ring (bicyclic) bond motifs is 1. The molecule has 2 heterocycles. The van der Waals surface area contributed by atoms with Gasteiger partial charge in [0.1, 0.15) is 0 Å². The molecule has 5 heteroatoms. The van der Waals surface area contributed by atoms with Crippen LogP contribution in [-0.4, -0.2) is 16.5 Å². The van der Waals surface area contributed by atoms with Crippen LogP contribution in [0, 0.1) is 0 Å². The van der Waals surface area contributed by atoms with Gasteiger partial charge in [0, 0.05) is 29.0 Å². The van der Waals surface area contributed by atoms with E-state index in [0.717, 1.165) is 34.1 Å². The lowest BCUT2D eigenvalue weighted by Crippen LogP contribution is -1.92. The summed E-state index contributed by atoms with van der Waals surface area (Å²) in [7, 11) is 0. The lowest BCUT2D eigenvalue weighted by molar-refractivity contribution is 1.15. The molecule has 2 aromatic rings. The second-order valence-electron chi connectivity index (χ2n) is 3.96. The van der Waals surface area contributed by atoms with E-state index in [1.165, 1.54) is 0 Å². The predicted molar refractivity (Wildman–Crippen MR) is 74.9 cm³/mol. The summed E-state index contributed by atoms with van der Waals surface area (Å²) in [4.78, 5) is 8.01. The Hall–Kier alpha value is -1.58. The van der Waals surface area contributed by atoms with Crippen molar-refractivity contribution in [1.82, 2.24) is 9.97 Å². The molecule has 0 fully saturated rings. The molecule has 0 unspecified atom stereocenters. The highest BCUT2D eigenvalue weighted by Crippen LogP contribution is 2.33. The third-order valence-electron chi connectivity index (χ3n) is 2.77. The molecule has 0 aliphatic carbocycles. The quantitative estimate of drug-likeness (QED) is 0.807. The zero-order chi connectivity index (χ0) is 12.5. The molecule has 0 radical (unpaired) electrons. The fraction of sp³-hybridized carbons (Fsp3) is 0.0769. The van der Waals surface area contributed by atoms with Crippen LogP contribution in [0.2, 0.25) is 10.3 Å². The maximum absolute atomic E-state index is 5.95. The second kappa shape index (κ2) is 4.59. The standard InChI is InChI=1S/C13H9Cl2N3/c14-9-1-2-11-8(7-17-12(11)6-9)5-10-3-4-16-13(15)18-10/h1-6,17H,7H2. The molecule has 3 rings (SSSR count). The Morgan fingerprint density at radius 2 is 2.11 bits per heavy atom. The Bertz CT molecular complexity index is 638. The van der Waals surface area contributed by atoms with Gasteiger partial charge in [0.25, 0.3) is 0 Å². The summed E-state index contributed by atoms with van der Waals surface area (Å²) < 4.78 is 0. The van der Waals surface area contributed by atoms with Crippen LogP contribution in [0.4, 0.5) is 5.69 Å². The van der Waals surface area contributed by atoms with Crippen LogP contribution < -0.4 is 5.32 Å². The number of rotatable bonds is 1. The summed E-state index contributed by atoms with van der Waals surface area (Å²) in [6.07, 6.45) is 3.65. The minimum atomic E-state index is 0.256. The number of halogens is 2. The molecule has 0 spiro atoms. The first kappa shape index (κ1) is 11.5. The Morgan fingerprint density at radius 1 is 1.22 bits per heavy atom. The fourth-order valence-electron chi connectivity index (χ4n) is 1.96. The molecule has 0 bridgehead atoms.